The molecule has 1 fully saturated rings. The Morgan fingerprint density at radius 2 is 2.10 bits per heavy atom. The van der Waals surface area contributed by atoms with Crippen LogP contribution in [0.3, 0.4) is 0 Å². The summed E-state index contributed by atoms with van der Waals surface area (Å²) in [6.45, 7) is 16.0. The van der Waals surface area contributed by atoms with E-state index >= 15 is 0 Å². The van der Waals surface area contributed by atoms with Crippen molar-refractivity contribution < 1.29 is 4.74 Å². The first-order chi connectivity index (χ1) is 9.45. The third-order valence-corrected chi connectivity index (χ3v) is 5.27. The Bertz CT molecular complexity index is 305. The van der Waals surface area contributed by atoms with Gasteiger partial charge in [-0.15, -0.1) is 11.6 Å². The van der Waals surface area contributed by atoms with Crippen molar-refractivity contribution in [3.63, 3.8) is 0 Å². The Labute approximate surface area is 130 Å². The summed E-state index contributed by atoms with van der Waals surface area (Å²) in [6, 6.07) is 0.545. The van der Waals surface area contributed by atoms with Crippen molar-refractivity contribution in [3.05, 3.63) is 12.2 Å². The lowest BCUT2D eigenvalue weighted by molar-refractivity contribution is -0.0602. The summed E-state index contributed by atoms with van der Waals surface area (Å²) in [6.07, 6.45) is 5.23. The topological polar surface area (TPSA) is 12.5 Å². The lowest BCUT2D eigenvalue weighted by Crippen LogP contribution is -2.44. The molecule has 1 aliphatic heterocycles. The molecule has 0 amide bonds. The van der Waals surface area contributed by atoms with Gasteiger partial charge in [-0.2, -0.15) is 0 Å². The summed E-state index contributed by atoms with van der Waals surface area (Å²) in [5, 5.41) is 0. The molecule has 2 nitrogen and oxygen atoms in total. The highest BCUT2D eigenvalue weighted by atomic mass is 35.5. The molecule has 0 spiro atoms. The minimum absolute atomic E-state index is 0.312. The molecule has 20 heavy (non-hydrogen) atoms. The fraction of sp³-hybridized carbons (Fsp3) is 0.882. The van der Waals surface area contributed by atoms with E-state index in [1.807, 2.05) is 0 Å². The summed E-state index contributed by atoms with van der Waals surface area (Å²) in [7, 11) is 0. The van der Waals surface area contributed by atoms with Gasteiger partial charge in [0.25, 0.3) is 0 Å². The van der Waals surface area contributed by atoms with Gasteiger partial charge in [0.2, 0.25) is 0 Å². The van der Waals surface area contributed by atoms with E-state index in [1.54, 1.807) is 0 Å². The molecule has 0 aromatic carbocycles. The molecular formula is C17H32ClNO. The lowest BCUT2D eigenvalue weighted by atomic mass is 9.86. The summed E-state index contributed by atoms with van der Waals surface area (Å²) < 4.78 is 6.35. The molecule has 0 N–H and O–H groups in total. The monoisotopic (exact) mass is 301 g/mol. The smallest absolute Gasteiger partial charge is 0.0895 e. The van der Waals surface area contributed by atoms with E-state index in [2.05, 4.69) is 39.2 Å². The van der Waals surface area contributed by atoms with E-state index in [4.69, 9.17) is 16.3 Å². The molecule has 3 heteroatoms. The van der Waals surface area contributed by atoms with Crippen LogP contribution in [0.25, 0.3) is 0 Å². The van der Waals surface area contributed by atoms with Gasteiger partial charge in [-0.1, -0.05) is 40.2 Å². The first-order valence-corrected chi connectivity index (χ1v) is 8.61. The van der Waals surface area contributed by atoms with E-state index in [1.165, 1.54) is 32.2 Å². The quantitative estimate of drug-likeness (QED) is 0.508. The van der Waals surface area contributed by atoms with Gasteiger partial charge in [-0.3, -0.25) is 4.90 Å². The molecule has 0 aromatic heterocycles. The number of likely N-dealkylation sites (N-methyl/N-ethyl adjacent to an activating group) is 1. The van der Waals surface area contributed by atoms with Crippen LogP contribution in [0, 0.1) is 5.92 Å². The van der Waals surface area contributed by atoms with Crippen LogP contribution in [0.15, 0.2) is 12.2 Å². The number of nitrogens with zero attached hydrogens (tertiary/aromatic N) is 1. The highest BCUT2D eigenvalue weighted by Gasteiger charge is 2.33. The first-order valence-electron chi connectivity index (χ1n) is 8.07. The molecule has 118 valence electrons. The molecule has 0 saturated carbocycles. The van der Waals surface area contributed by atoms with E-state index in [9.17, 15) is 0 Å². The number of hydrogen-bond donors (Lipinski definition) is 0. The van der Waals surface area contributed by atoms with Crippen molar-refractivity contribution in [2.24, 2.45) is 5.92 Å². The normalized spacial score (nSPS) is 24.4. The Morgan fingerprint density at radius 3 is 2.65 bits per heavy atom. The second-order valence-electron chi connectivity index (χ2n) is 6.44. The van der Waals surface area contributed by atoms with Crippen LogP contribution in [0.2, 0.25) is 0 Å². The Morgan fingerprint density at radius 1 is 1.40 bits per heavy atom. The minimum Gasteiger partial charge on any atom is -0.369 e. The van der Waals surface area contributed by atoms with Gasteiger partial charge in [-0.05, 0) is 44.3 Å². The largest absolute Gasteiger partial charge is 0.369 e. The first kappa shape index (κ1) is 18.0. The van der Waals surface area contributed by atoms with Crippen LogP contribution in [0.4, 0.5) is 0 Å². The maximum absolute atomic E-state index is 6.35. The predicted octanol–water partition coefficient (Wildman–Crippen LogP) is 4.48. The van der Waals surface area contributed by atoms with Crippen molar-refractivity contribution in [1.82, 2.24) is 4.90 Å². The SMILES string of the molecule is C=C(CCl)C(C)(OCC1CCCCCN1CC)C(C)C. The van der Waals surface area contributed by atoms with Crippen molar-refractivity contribution in [2.75, 3.05) is 25.6 Å². The van der Waals surface area contributed by atoms with Gasteiger partial charge < -0.3 is 4.74 Å². The molecule has 0 aromatic rings. The van der Waals surface area contributed by atoms with Crippen molar-refractivity contribution >= 4 is 11.6 Å². The molecule has 1 heterocycles. The zero-order chi connectivity index (χ0) is 15.2. The van der Waals surface area contributed by atoms with E-state index in [-0.39, 0.29) is 5.60 Å². The van der Waals surface area contributed by atoms with E-state index in [0.717, 1.165) is 18.7 Å². The van der Waals surface area contributed by atoms with Gasteiger partial charge in [-0.25, -0.2) is 0 Å². The molecule has 2 atom stereocenters. The van der Waals surface area contributed by atoms with Crippen LogP contribution in [-0.2, 0) is 4.74 Å². The summed E-state index contributed by atoms with van der Waals surface area (Å²) >= 11 is 5.99. The van der Waals surface area contributed by atoms with Crippen LogP contribution < -0.4 is 0 Å². The molecular weight excluding hydrogens is 270 g/mol. The maximum Gasteiger partial charge on any atom is 0.0895 e. The highest BCUT2D eigenvalue weighted by molar-refractivity contribution is 6.19. The standard InChI is InChI=1S/C17H32ClNO/c1-6-19-11-9-7-8-10-16(19)13-20-17(5,14(2)3)15(4)12-18/h14,16H,4,6-13H2,1-3,5H3. The zero-order valence-corrected chi connectivity index (χ0v) is 14.5. The van der Waals surface area contributed by atoms with Gasteiger partial charge >= 0.3 is 0 Å². The van der Waals surface area contributed by atoms with E-state index < -0.39 is 0 Å². The van der Waals surface area contributed by atoms with Crippen molar-refractivity contribution in [1.29, 1.82) is 0 Å². The number of rotatable bonds is 7. The lowest BCUT2D eigenvalue weighted by Gasteiger charge is -2.38. The van der Waals surface area contributed by atoms with Crippen LogP contribution >= 0.6 is 11.6 Å². The fourth-order valence-electron chi connectivity index (χ4n) is 2.92. The van der Waals surface area contributed by atoms with Crippen LogP contribution in [-0.4, -0.2) is 42.1 Å². The van der Waals surface area contributed by atoms with Crippen molar-refractivity contribution in [3.8, 4) is 0 Å². The summed E-state index contributed by atoms with van der Waals surface area (Å²) in [5.41, 5.74) is 0.679. The van der Waals surface area contributed by atoms with Crippen molar-refractivity contribution in [2.45, 2.75) is 65.0 Å². The maximum atomic E-state index is 6.35. The average molecular weight is 302 g/mol. The fourth-order valence-corrected chi connectivity index (χ4v) is 3.19. The predicted molar refractivity (Wildman–Crippen MR) is 88.6 cm³/mol. The summed E-state index contributed by atoms with van der Waals surface area (Å²) in [4.78, 5) is 2.57. The molecule has 1 rings (SSSR count). The molecule has 1 saturated heterocycles. The van der Waals surface area contributed by atoms with Crippen LogP contribution in [0.5, 0.6) is 0 Å². The number of halogens is 1. The number of hydrogen-bond acceptors (Lipinski definition) is 2. The van der Waals surface area contributed by atoms with Gasteiger partial charge in [0.15, 0.2) is 0 Å². The van der Waals surface area contributed by atoms with Gasteiger partial charge in [0, 0.05) is 11.9 Å². The van der Waals surface area contributed by atoms with Crippen LogP contribution in [0.1, 0.15) is 53.4 Å². The molecule has 2 unspecified atom stereocenters. The second-order valence-corrected chi connectivity index (χ2v) is 6.71. The number of ether oxygens (including phenoxy) is 1. The minimum atomic E-state index is -0.312. The number of likely N-dealkylation sites (tertiary alicyclic amines) is 1. The molecule has 0 aliphatic carbocycles. The second kappa shape index (κ2) is 8.41. The van der Waals surface area contributed by atoms with Gasteiger partial charge in [0.05, 0.1) is 12.2 Å². The zero-order valence-electron chi connectivity index (χ0n) is 13.8. The summed E-state index contributed by atoms with van der Waals surface area (Å²) in [5.74, 6) is 0.853. The Balaban J connectivity index is 2.67. The molecule has 0 radical (unpaired) electrons. The average Bonchev–Trinajstić information content (AvgIpc) is 2.68. The third kappa shape index (κ3) is 4.47. The number of alkyl halides is 1. The Hall–Kier alpha value is -0.0500. The third-order valence-electron chi connectivity index (χ3n) is 4.95. The van der Waals surface area contributed by atoms with E-state index in [0.29, 0.717) is 17.8 Å². The van der Waals surface area contributed by atoms with Gasteiger partial charge in [0.1, 0.15) is 0 Å². The Kier molecular flexibility index (Phi) is 7.57. The molecule has 0 bridgehead atoms. The highest BCUT2D eigenvalue weighted by Crippen LogP contribution is 2.31. The molecule has 1 aliphatic rings.